The summed E-state index contributed by atoms with van der Waals surface area (Å²) in [7, 11) is 0. The Balaban J connectivity index is 0. The first kappa shape index (κ1) is 13.3. The van der Waals surface area contributed by atoms with Crippen LogP contribution in [0.3, 0.4) is 0 Å². The Morgan fingerprint density at radius 2 is 1.82 bits per heavy atom. The summed E-state index contributed by atoms with van der Waals surface area (Å²) >= 11 is 0. The molecule has 0 radical (unpaired) electrons. The molecule has 0 saturated heterocycles. The van der Waals surface area contributed by atoms with Gasteiger partial charge in [0, 0.05) is 5.54 Å². The second-order valence-electron chi connectivity index (χ2n) is 3.53. The van der Waals surface area contributed by atoms with Gasteiger partial charge in [-0.3, -0.25) is 4.79 Å². The number of hydrogen-bond acceptors (Lipinski definition) is 2. The Kier molecular flexibility index (Phi) is 5.53. The number of carbonyl (C=O) groups excluding carboxylic acids is 1. The van der Waals surface area contributed by atoms with Crippen molar-refractivity contribution in [1.29, 1.82) is 0 Å². The summed E-state index contributed by atoms with van der Waals surface area (Å²) < 4.78 is 0. The third-order valence-electron chi connectivity index (χ3n) is 0.912. The van der Waals surface area contributed by atoms with Crippen LogP contribution in [0.4, 0.5) is 0 Å². The maximum Gasteiger partial charge on any atom is 0.237 e. The highest BCUT2D eigenvalue weighted by molar-refractivity contribution is 5.85. The summed E-state index contributed by atoms with van der Waals surface area (Å²) in [5.74, 6) is -0.104. The van der Waals surface area contributed by atoms with Crippen molar-refractivity contribution in [3.63, 3.8) is 0 Å². The lowest BCUT2D eigenvalue weighted by molar-refractivity contribution is -0.123. The Morgan fingerprint density at radius 3 is 1.91 bits per heavy atom. The van der Waals surface area contributed by atoms with Gasteiger partial charge >= 0.3 is 0 Å². The molecule has 0 heterocycles. The molecule has 11 heavy (non-hydrogen) atoms. The van der Waals surface area contributed by atoms with Gasteiger partial charge in [-0.1, -0.05) is 0 Å². The van der Waals surface area contributed by atoms with Crippen molar-refractivity contribution in [2.75, 3.05) is 0 Å². The average Bonchev–Trinajstić information content (AvgIpc) is 1.60. The molecule has 0 bridgehead atoms. The summed E-state index contributed by atoms with van der Waals surface area (Å²) in [6.45, 7) is 7.44. The Morgan fingerprint density at radius 1 is 1.45 bits per heavy atom. The van der Waals surface area contributed by atoms with E-state index in [-0.39, 0.29) is 23.9 Å². The molecule has 0 aliphatic rings. The molecule has 68 valence electrons. The van der Waals surface area contributed by atoms with Crippen molar-refractivity contribution in [3.05, 3.63) is 0 Å². The summed E-state index contributed by atoms with van der Waals surface area (Å²) in [6.07, 6.45) is 0. The highest BCUT2D eigenvalue weighted by atomic mass is 35.5. The predicted molar refractivity (Wildman–Crippen MR) is 48.8 cm³/mol. The van der Waals surface area contributed by atoms with Gasteiger partial charge in [0.1, 0.15) is 0 Å². The van der Waals surface area contributed by atoms with Gasteiger partial charge in [0.15, 0.2) is 0 Å². The van der Waals surface area contributed by atoms with Crippen molar-refractivity contribution in [2.24, 2.45) is 5.73 Å². The van der Waals surface area contributed by atoms with Gasteiger partial charge in [-0.2, -0.15) is 0 Å². The number of hydrogen-bond donors (Lipinski definition) is 2. The van der Waals surface area contributed by atoms with Gasteiger partial charge in [0.05, 0.1) is 6.04 Å². The minimum atomic E-state index is -0.417. The SMILES string of the molecule is C[C@H](N)C(=O)NC(C)(C)C.Cl. The van der Waals surface area contributed by atoms with E-state index < -0.39 is 6.04 Å². The predicted octanol–water partition coefficient (Wildman–Crippen LogP) is 0.670. The minimum Gasteiger partial charge on any atom is -0.350 e. The molecule has 0 aliphatic heterocycles. The van der Waals surface area contributed by atoms with E-state index in [9.17, 15) is 4.79 Å². The Hall–Kier alpha value is -0.280. The van der Waals surface area contributed by atoms with Crippen LogP contribution in [0.25, 0.3) is 0 Å². The topological polar surface area (TPSA) is 55.1 Å². The lowest BCUT2D eigenvalue weighted by atomic mass is 10.1. The zero-order valence-electron chi connectivity index (χ0n) is 7.47. The molecule has 3 nitrogen and oxygen atoms in total. The van der Waals surface area contributed by atoms with Crippen LogP contribution >= 0.6 is 12.4 Å². The molecular formula is C7H17ClN2O. The van der Waals surface area contributed by atoms with Crippen LogP contribution in [0.2, 0.25) is 0 Å². The van der Waals surface area contributed by atoms with Gasteiger partial charge in [0.25, 0.3) is 0 Å². The first-order valence-electron chi connectivity index (χ1n) is 3.40. The zero-order chi connectivity index (χ0) is 8.36. The van der Waals surface area contributed by atoms with Crippen LogP contribution in [0, 0.1) is 0 Å². The van der Waals surface area contributed by atoms with Crippen molar-refractivity contribution in [3.8, 4) is 0 Å². The Bertz CT molecular complexity index is 129. The van der Waals surface area contributed by atoms with Crippen LogP contribution < -0.4 is 11.1 Å². The van der Waals surface area contributed by atoms with Crippen molar-refractivity contribution in [1.82, 2.24) is 5.32 Å². The molecule has 4 heteroatoms. The molecular weight excluding hydrogens is 164 g/mol. The lowest BCUT2D eigenvalue weighted by Crippen LogP contribution is -2.47. The fourth-order valence-electron chi connectivity index (χ4n) is 0.483. The molecule has 0 aliphatic carbocycles. The first-order chi connectivity index (χ1) is 4.33. The van der Waals surface area contributed by atoms with E-state index in [0.717, 1.165) is 0 Å². The van der Waals surface area contributed by atoms with E-state index in [0.29, 0.717) is 0 Å². The van der Waals surface area contributed by atoms with Crippen LogP contribution in [0.5, 0.6) is 0 Å². The van der Waals surface area contributed by atoms with Gasteiger partial charge in [0.2, 0.25) is 5.91 Å². The molecule has 0 aromatic rings. The molecule has 0 saturated carbocycles. The number of rotatable bonds is 1. The van der Waals surface area contributed by atoms with E-state index in [1.807, 2.05) is 20.8 Å². The molecule has 0 spiro atoms. The maximum absolute atomic E-state index is 10.9. The lowest BCUT2D eigenvalue weighted by Gasteiger charge is -2.21. The number of halogens is 1. The van der Waals surface area contributed by atoms with Crippen molar-refractivity contribution < 1.29 is 4.79 Å². The van der Waals surface area contributed by atoms with E-state index >= 15 is 0 Å². The van der Waals surface area contributed by atoms with E-state index in [1.165, 1.54) is 0 Å². The zero-order valence-corrected chi connectivity index (χ0v) is 8.29. The smallest absolute Gasteiger partial charge is 0.237 e. The van der Waals surface area contributed by atoms with Crippen LogP contribution in [-0.4, -0.2) is 17.5 Å². The Labute approximate surface area is 74.1 Å². The molecule has 0 unspecified atom stereocenters. The van der Waals surface area contributed by atoms with E-state index in [1.54, 1.807) is 6.92 Å². The standard InChI is InChI=1S/C7H16N2O.ClH/c1-5(8)6(10)9-7(2,3)4;/h5H,8H2,1-4H3,(H,9,10);1H/t5-;/m0./s1. The third kappa shape index (κ3) is 7.62. The van der Waals surface area contributed by atoms with Gasteiger partial charge < -0.3 is 11.1 Å². The van der Waals surface area contributed by atoms with E-state index in [4.69, 9.17) is 5.73 Å². The molecule has 3 N–H and O–H groups in total. The third-order valence-corrected chi connectivity index (χ3v) is 0.912. The number of nitrogens with two attached hydrogens (primary N) is 1. The van der Waals surface area contributed by atoms with Crippen LogP contribution in [-0.2, 0) is 4.79 Å². The van der Waals surface area contributed by atoms with Gasteiger partial charge in [-0.25, -0.2) is 0 Å². The summed E-state index contributed by atoms with van der Waals surface area (Å²) in [5.41, 5.74) is 5.16. The van der Waals surface area contributed by atoms with Crippen LogP contribution in [0.1, 0.15) is 27.7 Å². The maximum atomic E-state index is 10.9. The van der Waals surface area contributed by atoms with Crippen molar-refractivity contribution >= 4 is 18.3 Å². The second kappa shape index (κ2) is 4.57. The molecule has 0 aromatic heterocycles. The minimum absolute atomic E-state index is 0. The van der Waals surface area contributed by atoms with Gasteiger partial charge in [-0.15, -0.1) is 12.4 Å². The highest BCUT2D eigenvalue weighted by Gasteiger charge is 2.15. The monoisotopic (exact) mass is 180 g/mol. The summed E-state index contributed by atoms with van der Waals surface area (Å²) in [5, 5.41) is 2.75. The highest BCUT2D eigenvalue weighted by Crippen LogP contribution is 1.98. The average molecular weight is 181 g/mol. The van der Waals surface area contributed by atoms with Crippen molar-refractivity contribution in [2.45, 2.75) is 39.3 Å². The number of nitrogens with one attached hydrogen (secondary N) is 1. The molecule has 1 amide bonds. The van der Waals surface area contributed by atoms with E-state index in [2.05, 4.69) is 5.32 Å². The molecule has 1 atom stereocenters. The summed E-state index contributed by atoms with van der Waals surface area (Å²) in [4.78, 5) is 10.9. The van der Waals surface area contributed by atoms with Gasteiger partial charge in [-0.05, 0) is 27.7 Å². The normalized spacial score (nSPS) is 13.2. The molecule has 0 fully saturated rings. The first-order valence-corrected chi connectivity index (χ1v) is 3.40. The quantitative estimate of drug-likeness (QED) is 0.624. The fourth-order valence-corrected chi connectivity index (χ4v) is 0.483. The largest absolute Gasteiger partial charge is 0.350 e. The van der Waals surface area contributed by atoms with Crippen LogP contribution in [0.15, 0.2) is 0 Å². The number of carbonyl (C=O) groups is 1. The summed E-state index contributed by atoms with van der Waals surface area (Å²) in [6, 6.07) is -0.417. The molecule has 0 aromatic carbocycles. The number of amides is 1. The fraction of sp³-hybridized carbons (Fsp3) is 0.857. The molecule has 0 rings (SSSR count). The second-order valence-corrected chi connectivity index (χ2v) is 3.53.